The molecule has 1 aliphatic rings. The van der Waals surface area contributed by atoms with Gasteiger partial charge in [-0.05, 0) is 32.5 Å². The Hall–Kier alpha value is -2.28. The van der Waals surface area contributed by atoms with Crippen LogP contribution in [0, 0.1) is 0 Å². The summed E-state index contributed by atoms with van der Waals surface area (Å²) in [6, 6.07) is 12.5. The highest BCUT2D eigenvalue weighted by Crippen LogP contribution is 2.34. The summed E-state index contributed by atoms with van der Waals surface area (Å²) in [6.45, 7) is 5.28. The highest BCUT2D eigenvalue weighted by Gasteiger charge is 2.40. The number of aromatic nitrogens is 3. The van der Waals surface area contributed by atoms with Gasteiger partial charge in [0.2, 0.25) is 5.78 Å². The maximum Gasteiger partial charge on any atom is 0.233 e. The van der Waals surface area contributed by atoms with E-state index in [0.717, 1.165) is 12.2 Å². The monoisotopic (exact) mass is 352 g/mol. The van der Waals surface area contributed by atoms with E-state index in [4.69, 9.17) is 9.47 Å². The number of nitrogens with zero attached hydrogens (tertiary/aromatic N) is 4. The first-order chi connectivity index (χ1) is 12.5. The number of hydrogen-bond acceptors (Lipinski definition) is 5. The molecule has 0 spiro atoms. The van der Waals surface area contributed by atoms with Crippen molar-refractivity contribution in [2.24, 2.45) is 0 Å². The first-order valence-corrected chi connectivity index (χ1v) is 8.87. The van der Waals surface area contributed by atoms with Crippen LogP contribution in [0.1, 0.15) is 31.1 Å². The van der Waals surface area contributed by atoms with E-state index in [9.17, 15) is 0 Å². The maximum absolute atomic E-state index is 6.23. The largest absolute Gasteiger partial charge is 0.348 e. The van der Waals surface area contributed by atoms with Crippen LogP contribution in [0.15, 0.2) is 55.0 Å². The van der Waals surface area contributed by atoms with Crippen LogP contribution in [0.2, 0.25) is 0 Å². The molecule has 6 nitrogen and oxygen atoms in total. The molecule has 2 aromatic heterocycles. The Morgan fingerprint density at radius 2 is 1.96 bits per heavy atom. The molecule has 0 aliphatic carbocycles. The molecule has 0 bridgehead atoms. The zero-order valence-electron chi connectivity index (χ0n) is 15.4. The van der Waals surface area contributed by atoms with Crippen molar-refractivity contribution in [3.63, 3.8) is 0 Å². The van der Waals surface area contributed by atoms with Gasteiger partial charge in [-0.1, -0.05) is 30.3 Å². The summed E-state index contributed by atoms with van der Waals surface area (Å²) in [5.74, 6) is 0.121. The van der Waals surface area contributed by atoms with Crippen molar-refractivity contribution in [2.45, 2.75) is 38.3 Å². The zero-order valence-corrected chi connectivity index (χ0v) is 15.4. The van der Waals surface area contributed by atoms with Crippen LogP contribution in [0.5, 0.6) is 0 Å². The number of fused-ring (bicyclic) bond motifs is 1. The van der Waals surface area contributed by atoms with Gasteiger partial charge in [-0.25, -0.2) is 9.97 Å². The summed E-state index contributed by atoms with van der Waals surface area (Å²) in [5.41, 5.74) is 2.35. The summed E-state index contributed by atoms with van der Waals surface area (Å²) >= 11 is 0. The highest BCUT2D eigenvalue weighted by atomic mass is 16.7. The summed E-state index contributed by atoms with van der Waals surface area (Å²) in [4.78, 5) is 11.0. The fourth-order valence-electron chi connectivity index (χ4n) is 3.64. The van der Waals surface area contributed by atoms with Gasteiger partial charge in [0.05, 0.1) is 12.6 Å². The molecule has 0 radical (unpaired) electrons. The van der Waals surface area contributed by atoms with Gasteiger partial charge < -0.3 is 9.47 Å². The number of likely N-dealkylation sites (N-methyl/N-ethyl adjacent to an activating group) is 1. The summed E-state index contributed by atoms with van der Waals surface area (Å²) in [6.07, 6.45) is 5.45. The van der Waals surface area contributed by atoms with E-state index in [2.05, 4.69) is 46.2 Å². The van der Waals surface area contributed by atoms with Crippen LogP contribution < -0.4 is 0 Å². The fraction of sp³-hybridized carbons (Fsp3) is 0.400. The molecular formula is C20H24N4O2. The van der Waals surface area contributed by atoms with Gasteiger partial charge in [-0.3, -0.25) is 9.30 Å². The van der Waals surface area contributed by atoms with Gasteiger partial charge in [0.1, 0.15) is 6.10 Å². The lowest BCUT2D eigenvalue weighted by Crippen LogP contribution is -2.37. The van der Waals surface area contributed by atoms with Crippen molar-refractivity contribution in [2.75, 3.05) is 13.7 Å². The van der Waals surface area contributed by atoms with Gasteiger partial charge in [0.25, 0.3) is 0 Å². The third-order valence-corrected chi connectivity index (χ3v) is 4.77. The van der Waals surface area contributed by atoms with Crippen molar-refractivity contribution in [3.05, 3.63) is 66.2 Å². The molecule has 2 atom stereocenters. The average Bonchev–Trinajstić information content (AvgIpc) is 3.23. The second kappa shape index (κ2) is 6.79. The SMILES string of the molecule is CN(Cc1ccccc1)[C@H](c1ccnc2nccn12)[C@H]1COC(C)(C)O1. The normalized spacial score (nSPS) is 20.7. The van der Waals surface area contributed by atoms with Gasteiger partial charge in [0.15, 0.2) is 5.79 Å². The number of benzene rings is 1. The van der Waals surface area contributed by atoms with Crippen LogP contribution in [0.4, 0.5) is 0 Å². The Morgan fingerprint density at radius 3 is 2.69 bits per heavy atom. The molecular weight excluding hydrogens is 328 g/mol. The average molecular weight is 352 g/mol. The van der Waals surface area contributed by atoms with E-state index < -0.39 is 5.79 Å². The minimum Gasteiger partial charge on any atom is -0.348 e. The first kappa shape index (κ1) is 17.1. The topological polar surface area (TPSA) is 51.9 Å². The Balaban J connectivity index is 1.71. The molecule has 0 unspecified atom stereocenters. The molecule has 4 rings (SSSR count). The van der Waals surface area contributed by atoms with E-state index >= 15 is 0 Å². The molecule has 3 heterocycles. The molecule has 6 heteroatoms. The third-order valence-electron chi connectivity index (χ3n) is 4.77. The molecule has 1 aliphatic heterocycles. The van der Waals surface area contributed by atoms with Gasteiger partial charge in [0, 0.05) is 30.8 Å². The molecule has 0 saturated carbocycles. The van der Waals surface area contributed by atoms with Gasteiger partial charge in [-0.2, -0.15) is 0 Å². The second-order valence-corrected chi connectivity index (χ2v) is 7.18. The third kappa shape index (κ3) is 3.35. The van der Waals surface area contributed by atoms with Crippen molar-refractivity contribution < 1.29 is 9.47 Å². The molecule has 0 N–H and O–H groups in total. The summed E-state index contributed by atoms with van der Waals surface area (Å²) < 4.78 is 14.1. The molecule has 1 saturated heterocycles. The van der Waals surface area contributed by atoms with E-state index in [0.29, 0.717) is 12.4 Å². The molecule has 26 heavy (non-hydrogen) atoms. The van der Waals surface area contributed by atoms with Crippen molar-refractivity contribution >= 4 is 5.78 Å². The quantitative estimate of drug-likeness (QED) is 0.706. The van der Waals surface area contributed by atoms with Crippen LogP contribution >= 0.6 is 0 Å². The van der Waals surface area contributed by atoms with Crippen molar-refractivity contribution in [1.82, 2.24) is 19.3 Å². The minimum atomic E-state index is -0.572. The van der Waals surface area contributed by atoms with Crippen molar-refractivity contribution in [1.29, 1.82) is 0 Å². The number of rotatable bonds is 5. The van der Waals surface area contributed by atoms with Crippen LogP contribution in [-0.4, -0.2) is 44.8 Å². The molecule has 0 amide bonds. The Kier molecular flexibility index (Phi) is 4.48. The van der Waals surface area contributed by atoms with Gasteiger partial charge >= 0.3 is 0 Å². The Bertz CT molecular complexity index is 878. The maximum atomic E-state index is 6.23. The lowest BCUT2D eigenvalue weighted by Gasteiger charge is -2.33. The first-order valence-electron chi connectivity index (χ1n) is 8.87. The fourth-order valence-corrected chi connectivity index (χ4v) is 3.64. The molecule has 1 aromatic carbocycles. The zero-order chi connectivity index (χ0) is 18.1. The lowest BCUT2D eigenvalue weighted by atomic mass is 10.0. The Morgan fingerprint density at radius 1 is 1.19 bits per heavy atom. The summed E-state index contributed by atoms with van der Waals surface area (Å²) in [5, 5.41) is 0. The number of hydrogen-bond donors (Lipinski definition) is 0. The molecule has 136 valence electrons. The van der Waals surface area contributed by atoms with Crippen molar-refractivity contribution in [3.8, 4) is 0 Å². The second-order valence-electron chi connectivity index (χ2n) is 7.18. The summed E-state index contributed by atoms with van der Waals surface area (Å²) in [7, 11) is 2.12. The molecule has 1 fully saturated rings. The highest BCUT2D eigenvalue weighted by molar-refractivity contribution is 5.31. The minimum absolute atomic E-state index is 0.0108. The standard InChI is InChI=1S/C20H24N4O2/c1-20(2)25-14-17(26-20)18(23(3)13-15-7-5-4-6-8-15)16-9-10-21-19-22-11-12-24(16)19/h4-12,17-18H,13-14H2,1-3H3/t17-,18-/m1/s1. The van der Waals surface area contributed by atoms with Crippen LogP contribution in [0.25, 0.3) is 5.78 Å². The van der Waals surface area contributed by atoms with Crippen LogP contribution in [0.3, 0.4) is 0 Å². The molecule has 3 aromatic rings. The van der Waals surface area contributed by atoms with E-state index in [-0.39, 0.29) is 12.1 Å². The predicted molar refractivity (Wildman–Crippen MR) is 98.5 cm³/mol. The predicted octanol–water partition coefficient (Wildman–Crippen LogP) is 3.05. The van der Waals surface area contributed by atoms with Crippen LogP contribution in [-0.2, 0) is 16.0 Å². The Labute approximate surface area is 153 Å². The number of imidazole rings is 1. The lowest BCUT2D eigenvalue weighted by molar-refractivity contribution is -0.146. The van der Waals surface area contributed by atoms with E-state index in [1.54, 1.807) is 6.20 Å². The van der Waals surface area contributed by atoms with E-state index in [1.165, 1.54) is 5.56 Å². The van der Waals surface area contributed by atoms with Gasteiger partial charge in [-0.15, -0.1) is 0 Å². The smallest absolute Gasteiger partial charge is 0.233 e. The van der Waals surface area contributed by atoms with E-state index in [1.807, 2.05) is 42.8 Å². The number of ether oxygens (including phenoxy) is 2.